The predicted octanol–water partition coefficient (Wildman–Crippen LogP) is 1.50. The number of halogens is 2. The van der Waals surface area contributed by atoms with Crippen molar-refractivity contribution in [1.82, 2.24) is 0 Å². The molecule has 1 aliphatic heterocycles. The van der Waals surface area contributed by atoms with Gasteiger partial charge in [0.05, 0.1) is 0 Å². The monoisotopic (exact) mass is 202 g/mol. The van der Waals surface area contributed by atoms with Gasteiger partial charge in [0.1, 0.15) is 6.61 Å². The van der Waals surface area contributed by atoms with Crippen molar-refractivity contribution in [3.63, 3.8) is 0 Å². The number of hydrogen-bond acceptors (Lipinski definition) is 3. The number of rotatable bonds is 2. The Morgan fingerprint density at radius 2 is 2.00 bits per heavy atom. The maximum atomic E-state index is 13.0. The van der Waals surface area contributed by atoms with Gasteiger partial charge < -0.3 is 14.6 Å². The Kier molecular flexibility index (Phi) is 2.03. The molecule has 14 heavy (non-hydrogen) atoms. The van der Waals surface area contributed by atoms with Crippen LogP contribution < -0.4 is 9.47 Å². The first-order valence-corrected chi connectivity index (χ1v) is 4.02. The minimum Gasteiger partial charge on any atom is -0.454 e. The second-order valence-corrected chi connectivity index (χ2v) is 2.93. The van der Waals surface area contributed by atoms with Crippen LogP contribution in [0.15, 0.2) is 18.2 Å². The molecule has 5 heteroatoms. The average molecular weight is 202 g/mol. The summed E-state index contributed by atoms with van der Waals surface area (Å²) in [6.07, 6.45) is 0. The van der Waals surface area contributed by atoms with Gasteiger partial charge in [0.2, 0.25) is 6.79 Å². The fourth-order valence-electron chi connectivity index (χ4n) is 1.22. The molecule has 3 nitrogen and oxygen atoms in total. The lowest BCUT2D eigenvalue weighted by Crippen LogP contribution is -2.18. The average Bonchev–Trinajstić information content (AvgIpc) is 2.64. The highest BCUT2D eigenvalue weighted by Crippen LogP contribution is 2.37. The van der Waals surface area contributed by atoms with Crippen LogP contribution in [-0.2, 0) is 5.92 Å². The van der Waals surface area contributed by atoms with E-state index in [4.69, 9.17) is 14.6 Å². The first-order valence-electron chi connectivity index (χ1n) is 4.02. The van der Waals surface area contributed by atoms with Gasteiger partial charge in [-0.1, -0.05) is 0 Å². The lowest BCUT2D eigenvalue weighted by molar-refractivity contribution is -0.0557. The molecule has 0 aliphatic carbocycles. The summed E-state index contributed by atoms with van der Waals surface area (Å²) in [7, 11) is 0. The second-order valence-electron chi connectivity index (χ2n) is 2.93. The molecule has 1 N–H and O–H groups in total. The zero-order valence-corrected chi connectivity index (χ0v) is 7.17. The largest absolute Gasteiger partial charge is 0.454 e. The Morgan fingerprint density at radius 3 is 2.71 bits per heavy atom. The van der Waals surface area contributed by atoms with Crippen molar-refractivity contribution in [2.45, 2.75) is 5.92 Å². The van der Waals surface area contributed by atoms with E-state index < -0.39 is 12.5 Å². The number of hydrogen-bond donors (Lipinski definition) is 1. The molecule has 0 spiro atoms. The van der Waals surface area contributed by atoms with Crippen LogP contribution in [0.25, 0.3) is 0 Å². The Bertz CT molecular complexity index is 352. The first kappa shape index (κ1) is 9.21. The van der Waals surface area contributed by atoms with Crippen molar-refractivity contribution in [3.8, 4) is 11.5 Å². The third-order valence-electron chi connectivity index (χ3n) is 1.99. The normalized spacial score (nSPS) is 14.5. The van der Waals surface area contributed by atoms with Gasteiger partial charge in [0, 0.05) is 5.56 Å². The molecule has 1 aromatic rings. The van der Waals surface area contributed by atoms with Crippen LogP contribution in [0.3, 0.4) is 0 Å². The maximum absolute atomic E-state index is 13.0. The van der Waals surface area contributed by atoms with Crippen LogP contribution >= 0.6 is 0 Å². The SMILES string of the molecule is OCC(F)(F)c1ccc2c(c1)OCO2. The van der Waals surface area contributed by atoms with Crippen LogP contribution in [0, 0.1) is 0 Å². The number of aliphatic hydroxyl groups excluding tert-OH is 1. The molecule has 0 saturated heterocycles. The molecule has 0 saturated carbocycles. The summed E-state index contributed by atoms with van der Waals surface area (Å²) in [6.45, 7) is -1.17. The lowest BCUT2D eigenvalue weighted by atomic mass is 10.1. The van der Waals surface area contributed by atoms with E-state index >= 15 is 0 Å². The molecular weight excluding hydrogens is 194 g/mol. The van der Waals surface area contributed by atoms with E-state index in [-0.39, 0.29) is 18.1 Å². The maximum Gasteiger partial charge on any atom is 0.295 e. The molecule has 1 heterocycles. The van der Waals surface area contributed by atoms with Crippen molar-refractivity contribution in [2.24, 2.45) is 0 Å². The molecule has 0 fully saturated rings. The highest BCUT2D eigenvalue weighted by molar-refractivity contribution is 5.45. The Labute approximate surface area is 78.9 Å². The van der Waals surface area contributed by atoms with Gasteiger partial charge in [-0.15, -0.1) is 0 Å². The summed E-state index contributed by atoms with van der Waals surface area (Å²) < 4.78 is 35.9. The molecular formula is C9H8F2O3. The third-order valence-corrected chi connectivity index (χ3v) is 1.99. The van der Waals surface area contributed by atoms with Gasteiger partial charge in [-0.3, -0.25) is 0 Å². The molecule has 0 amide bonds. The van der Waals surface area contributed by atoms with E-state index in [9.17, 15) is 8.78 Å². The topological polar surface area (TPSA) is 38.7 Å². The van der Waals surface area contributed by atoms with Crippen molar-refractivity contribution >= 4 is 0 Å². The number of fused-ring (bicyclic) bond motifs is 1. The van der Waals surface area contributed by atoms with Crippen LogP contribution in [0.2, 0.25) is 0 Å². The Morgan fingerprint density at radius 1 is 1.29 bits per heavy atom. The Hall–Kier alpha value is -1.36. The molecule has 0 radical (unpaired) electrons. The van der Waals surface area contributed by atoms with Crippen molar-refractivity contribution < 1.29 is 23.4 Å². The fraction of sp³-hybridized carbons (Fsp3) is 0.333. The highest BCUT2D eigenvalue weighted by atomic mass is 19.3. The minimum atomic E-state index is -3.24. The lowest BCUT2D eigenvalue weighted by Gasteiger charge is -2.13. The molecule has 0 bridgehead atoms. The van der Waals surface area contributed by atoms with Crippen LogP contribution in [0.1, 0.15) is 5.56 Å². The summed E-state index contributed by atoms with van der Waals surface area (Å²) in [5.41, 5.74) is -0.274. The van der Waals surface area contributed by atoms with E-state index in [2.05, 4.69) is 0 Å². The van der Waals surface area contributed by atoms with E-state index in [0.29, 0.717) is 5.75 Å². The van der Waals surface area contributed by atoms with Gasteiger partial charge in [0.15, 0.2) is 11.5 Å². The standard InChI is InChI=1S/C9H8F2O3/c10-9(11,4-12)6-1-2-7-8(3-6)14-5-13-7/h1-3,12H,4-5H2. The number of aliphatic hydroxyl groups is 1. The molecule has 1 aromatic carbocycles. The van der Waals surface area contributed by atoms with Gasteiger partial charge in [0.25, 0.3) is 5.92 Å². The molecule has 2 rings (SSSR count). The molecule has 0 unspecified atom stereocenters. The first-order chi connectivity index (χ1) is 6.63. The van der Waals surface area contributed by atoms with Crippen molar-refractivity contribution in [1.29, 1.82) is 0 Å². The van der Waals surface area contributed by atoms with Gasteiger partial charge in [-0.2, -0.15) is 8.78 Å². The van der Waals surface area contributed by atoms with E-state index in [0.717, 1.165) is 0 Å². The fourth-order valence-corrected chi connectivity index (χ4v) is 1.22. The molecule has 0 atom stereocenters. The van der Waals surface area contributed by atoms with Crippen molar-refractivity contribution in [2.75, 3.05) is 13.4 Å². The van der Waals surface area contributed by atoms with E-state index in [1.165, 1.54) is 18.2 Å². The quantitative estimate of drug-likeness (QED) is 0.789. The summed E-state index contributed by atoms with van der Waals surface area (Å²) in [5, 5.41) is 8.47. The second kappa shape index (κ2) is 3.09. The Balaban J connectivity index is 2.38. The van der Waals surface area contributed by atoms with E-state index in [1.807, 2.05) is 0 Å². The summed E-state index contributed by atoms with van der Waals surface area (Å²) in [5.74, 6) is -2.50. The third kappa shape index (κ3) is 1.39. The molecule has 76 valence electrons. The smallest absolute Gasteiger partial charge is 0.295 e. The number of alkyl halides is 2. The summed E-state index contributed by atoms with van der Waals surface area (Å²) >= 11 is 0. The number of benzene rings is 1. The number of ether oxygens (including phenoxy) is 2. The van der Waals surface area contributed by atoms with Crippen molar-refractivity contribution in [3.05, 3.63) is 23.8 Å². The van der Waals surface area contributed by atoms with E-state index in [1.54, 1.807) is 0 Å². The minimum absolute atomic E-state index is 0.0451. The zero-order chi connectivity index (χ0) is 10.2. The predicted molar refractivity (Wildman–Crippen MR) is 43.5 cm³/mol. The van der Waals surface area contributed by atoms with Crippen LogP contribution in [0.4, 0.5) is 8.78 Å². The molecule has 1 aliphatic rings. The van der Waals surface area contributed by atoms with Gasteiger partial charge >= 0.3 is 0 Å². The summed E-state index contributed by atoms with van der Waals surface area (Å²) in [4.78, 5) is 0. The van der Waals surface area contributed by atoms with Crippen LogP contribution in [-0.4, -0.2) is 18.5 Å². The summed E-state index contributed by atoms with van der Waals surface area (Å²) in [6, 6.07) is 3.80. The zero-order valence-electron chi connectivity index (χ0n) is 7.17. The van der Waals surface area contributed by atoms with Crippen LogP contribution in [0.5, 0.6) is 11.5 Å². The van der Waals surface area contributed by atoms with Gasteiger partial charge in [-0.05, 0) is 18.2 Å². The van der Waals surface area contributed by atoms with Gasteiger partial charge in [-0.25, -0.2) is 0 Å². The highest BCUT2D eigenvalue weighted by Gasteiger charge is 2.32. The molecule has 0 aromatic heterocycles.